The van der Waals surface area contributed by atoms with Crippen LogP contribution in [-0.4, -0.2) is 58.0 Å². The number of carbonyl (C=O) groups excluding carboxylic acids is 2. The van der Waals surface area contributed by atoms with Crippen molar-refractivity contribution < 1.29 is 9.59 Å². The summed E-state index contributed by atoms with van der Waals surface area (Å²) in [6.07, 6.45) is 4.18. The van der Waals surface area contributed by atoms with Crippen molar-refractivity contribution in [2.24, 2.45) is 0 Å². The highest BCUT2D eigenvalue weighted by Crippen LogP contribution is 2.23. The lowest BCUT2D eigenvalue weighted by Gasteiger charge is -2.34. The number of carbonyl (C=O) groups is 2. The van der Waals surface area contributed by atoms with Crippen LogP contribution in [0.15, 0.2) is 24.3 Å². The predicted octanol–water partition coefficient (Wildman–Crippen LogP) is 2.20. The third-order valence-electron chi connectivity index (χ3n) is 5.38. The lowest BCUT2D eigenvalue weighted by atomic mass is 9.95. The van der Waals surface area contributed by atoms with E-state index >= 15 is 0 Å². The monoisotopic (exact) mass is 352 g/mol. The van der Waals surface area contributed by atoms with E-state index in [9.17, 15) is 9.59 Å². The molecule has 2 heterocycles. The first-order valence-electron chi connectivity index (χ1n) is 9.35. The van der Waals surface area contributed by atoms with Crippen LogP contribution < -0.4 is 0 Å². The summed E-state index contributed by atoms with van der Waals surface area (Å²) in [7, 11) is 0. The van der Waals surface area contributed by atoms with Crippen molar-refractivity contribution in [1.29, 1.82) is 0 Å². The maximum Gasteiger partial charge on any atom is 0.274 e. The summed E-state index contributed by atoms with van der Waals surface area (Å²) in [6, 6.07) is 7.65. The fourth-order valence-corrected chi connectivity index (χ4v) is 3.88. The van der Waals surface area contributed by atoms with Crippen molar-refractivity contribution in [2.45, 2.75) is 32.6 Å². The van der Waals surface area contributed by atoms with E-state index in [1.54, 1.807) is 0 Å². The molecular formula is C20H24N4O2. The Labute approximate surface area is 153 Å². The van der Waals surface area contributed by atoms with Crippen LogP contribution in [0.1, 0.15) is 50.5 Å². The van der Waals surface area contributed by atoms with Crippen molar-refractivity contribution >= 4 is 11.8 Å². The number of hydrogen-bond donors (Lipinski definition) is 1. The largest absolute Gasteiger partial charge is 0.335 e. The van der Waals surface area contributed by atoms with Gasteiger partial charge in [-0.25, -0.2) is 0 Å². The first-order chi connectivity index (χ1) is 12.6. The zero-order valence-electron chi connectivity index (χ0n) is 15.1. The van der Waals surface area contributed by atoms with Gasteiger partial charge in [-0.1, -0.05) is 17.7 Å². The molecule has 0 bridgehead atoms. The van der Waals surface area contributed by atoms with Crippen molar-refractivity contribution in [3.05, 3.63) is 52.3 Å². The number of fused-ring (bicyclic) bond motifs is 1. The Morgan fingerprint density at radius 1 is 1.00 bits per heavy atom. The first-order valence-corrected chi connectivity index (χ1v) is 9.35. The second-order valence-electron chi connectivity index (χ2n) is 7.19. The Kier molecular flexibility index (Phi) is 4.49. The maximum atomic E-state index is 12.9. The molecule has 0 unspecified atom stereocenters. The Morgan fingerprint density at radius 3 is 2.42 bits per heavy atom. The molecule has 1 aliphatic carbocycles. The Bertz CT molecular complexity index is 834. The highest BCUT2D eigenvalue weighted by molar-refractivity contribution is 5.96. The molecule has 0 saturated carbocycles. The Balaban J connectivity index is 1.41. The van der Waals surface area contributed by atoms with Crippen molar-refractivity contribution in [3.63, 3.8) is 0 Å². The van der Waals surface area contributed by atoms with Crippen LogP contribution in [-0.2, 0) is 12.8 Å². The van der Waals surface area contributed by atoms with Gasteiger partial charge in [0, 0.05) is 43.0 Å². The van der Waals surface area contributed by atoms with Gasteiger partial charge in [0.05, 0.1) is 0 Å². The van der Waals surface area contributed by atoms with Crippen LogP contribution in [0.5, 0.6) is 0 Å². The third-order valence-corrected chi connectivity index (χ3v) is 5.38. The molecule has 1 aromatic carbocycles. The molecule has 6 heteroatoms. The van der Waals surface area contributed by atoms with E-state index < -0.39 is 0 Å². The van der Waals surface area contributed by atoms with Crippen molar-refractivity contribution in [2.75, 3.05) is 26.2 Å². The van der Waals surface area contributed by atoms with E-state index in [4.69, 9.17) is 0 Å². The van der Waals surface area contributed by atoms with Gasteiger partial charge in [0.1, 0.15) is 0 Å². The number of H-pyrrole nitrogens is 1. The molecule has 0 radical (unpaired) electrons. The second kappa shape index (κ2) is 6.94. The number of aromatic amines is 1. The summed E-state index contributed by atoms with van der Waals surface area (Å²) in [5.74, 6) is 0.0324. The van der Waals surface area contributed by atoms with Gasteiger partial charge in [0.2, 0.25) is 0 Å². The smallest absolute Gasteiger partial charge is 0.274 e. The Morgan fingerprint density at radius 2 is 1.69 bits per heavy atom. The van der Waals surface area contributed by atoms with E-state index in [-0.39, 0.29) is 11.8 Å². The zero-order valence-corrected chi connectivity index (χ0v) is 15.1. The number of aryl methyl sites for hydroxylation is 2. The number of amides is 2. The number of aromatic nitrogens is 2. The van der Waals surface area contributed by atoms with E-state index in [1.165, 1.54) is 0 Å². The topological polar surface area (TPSA) is 69.3 Å². The molecule has 0 atom stereocenters. The number of nitrogens with zero attached hydrogens (tertiary/aromatic N) is 3. The lowest BCUT2D eigenvalue weighted by Crippen LogP contribution is -2.50. The quantitative estimate of drug-likeness (QED) is 0.901. The molecule has 1 fully saturated rings. The molecule has 0 spiro atoms. The molecule has 2 amide bonds. The fourth-order valence-electron chi connectivity index (χ4n) is 3.88. The SMILES string of the molecule is Cc1cccc(C(=O)N2CCN(C(=O)c3n[nH]c4c3CCCC4)CC2)c1. The lowest BCUT2D eigenvalue weighted by molar-refractivity contribution is 0.0531. The minimum absolute atomic E-state index is 0.00736. The first kappa shape index (κ1) is 16.8. The summed E-state index contributed by atoms with van der Waals surface area (Å²) in [5, 5.41) is 7.33. The minimum atomic E-state index is -0.00736. The van der Waals surface area contributed by atoms with E-state index in [0.717, 1.165) is 42.5 Å². The normalized spacial score (nSPS) is 17.1. The van der Waals surface area contributed by atoms with Gasteiger partial charge >= 0.3 is 0 Å². The van der Waals surface area contributed by atoms with Crippen molar-refractivity contribution in [3.8, 4) is 0 Å². The van der Waals surface area contributed by atoms with Gasteiger partial charge in [-0.3, -0.25) is 14.7 Å². The van der Waals surface area contributed by atoms with E-state index in [2.05, 4.69) is 10.2 Å². The highest BCUT2D eigenvalue weighted by Gasteiger charge is 2.29. The van der Waals surface area contributed by atoms with Gasteiger partial charge in [-0.2, -0.15) is 5.10 Å². The van der Waals surface area contributed by atoms with Crippen LogP contribution in [0.25, 0.3) is 0 Å². The number of nitrogens with one attached hydrogen (secondary N) is 1. The highest BCUT2D eigenvalue weighted by atomic mass is 16.2. The average Bonchev–Trinajstić information content (AvgIpc) is 3.11. The molecule has 1 saturated heterocycles. The van der Waals surface area contributed by atoms with Gasteiger partial charge in [0.15, 0.2) is 5.69 Å². The molecule has 2 aromatic rings. The molecule has 1 aliphatic heterocycles. The fraction of sp³-hybridized carbons (Fsp3) is 0.450. The summed E-state index contributed by atoms with van der Waals surface area (Å²) in [5.41, 5.74) is 4.59. The van der Waals surface area contributed by atoms with Crippen molar-refractivity contribution in [1.82, 2.24) is 20.0 Å². The summed E-state index contributed by atoms with van der Waals surface area (Å²) in [4.78, 5) is 29.2. The zero-order chi connectivity index (χ0) is 18.1. The van der Waals surface area contributed by atoms with E-state index in [1.807, 2.05) is 41.0 Å². The Hall–Kier alpha value is -2.63. The molecule has 6 nitrogen and oxygen atoms in total. The van der Waals surface area contributed by atoms with Gasteiger partial charge < -0.3 is 9.80 Å². The van der Waals surface area contributed by atoms with Crippen LogP contribution in [0, 0.1) is 6.92 Å². The summed E-state index contributed by atoms with van der Waals surface area (Å²) >= 11 is 0. The standard InChI is InChI=1S/C20H24N4O2/c1-14-5-4-6-15(13-14)19(25)23-9-11-24(12-10-23)20(26)18-16-7-2-3-8-17(16)21-22-18/h4-6,13H,2-3,7-12H2,1H3,(H,21,22). The molecule has 136 valence electrons. The van der Waals surface area contributed by atoms with Crippen LogP contribution in [0.2, 0.25) is 0 Å². The van der Waals surface area contributed by atoms with Crippen LogP contribution >= 0.6 is 0 Å². The third kappa shape index (κ3) is 3.11. The minimum Gasteiger partial charge on any atom is -0.335 e. The molecule has 26 heavy (non-hydrogen) atoms. The molecule has 1 aromatic heterocycles. The average molecular weight is 352 g/mol. The predicted molar refractivity (Wildman–Crippen MR) is 98.2 cm³/mol. The summed E-state index contributed by atoms with van der Waals surface area (Å²) in [6.45, 7) is 4.21. The van der Waals surface area contributed by atoms with Gasteiger partial charge in [-0.15, -0.1) is 0 Å². The molecule has 4 rings (SSSR count). The summed E-state index contributed by atoms with van der Waals surface area (Å²) < 4.78 is 0. The molecule has 1 N–H and O–H groups in total. The number of hydrogen-bond acceptors (Lipinski definition) is 3. The number of piperazine rings is 1. The van der Waals surface area contributed by atoms with Gasteiger partial charge in [0.25, 0.3) is 11.8 Å². The van der Waals surface area contributed by atoms with Gasteiger partial charge in [-0.05, 0) is 44.7 Å². The van der Waals surface area contributed by atoms with Crippen LogP contribution in [0.3, 0.4) is 0 Å². The van der Waals surface area contributed by atoms with E-state index in [0.29, 0.717) is 37.4 Å². The molecular weight excluding hydrogens is 328 g/mol. The second-order valence-corrected chi connectivity index (χ2v) is 7.19. The van der Waals surface area contributed by atoms with Crippen LogP contribution in [0.4, 0.5) is 0 Å². The maximum absolute atomic E-state index is 12.9. The molecule has 2 aliphatic rings. The number of benzene rings is 1. The number of rotatable bonds is 2.